The van der Waals surface area contributed by atoms with Gasteiger partial charge in [-0.25, -0.2) is 5.06 Å². The summed E-state index contributed by atoms with van der Waals surface area (Å²) in [5, 5.41) is 44.5. The van der Waals surface area contributed by atoms with Gasteiger partial charge < -0.3 is 5.21 Å². The lowest BCUT2D eigenvalue weighted by atomic mass is 9.97. The number of allylic oxidation sites excluding steroid dienone is 1. The van der Waals surface area contributed by atoms with E-state index in [0.717, 1.165) is 24.4 Å². The van der Waals surface area contributed by atoms with Gasteiger partial charge in [0, 0.05) is 12.2 Å². The summed E-state index contributed by atoms with van der Waals surface area (Å²) < 4.78 is 0.293. The van der Waals surface area contributed by atoms with Crippen LogP contribution in [0.4, 0.5) is 5.69 Å². The third kappa shape index (κ3) is 2.59. The number of hydrogen-bond donors (Lipinski definition) is 1. The molecule has 0 spiro atoms. The van der Waals surface area contributed by atoms with Gasteiger partial charge in [0.15, 0.2) is 6.20 Å². The Kier molecular flexibility index (Phi) is 3.55. The molecule has 0 fully saturated rings. The van der Waals surface area contributed by atoms with Crippen molar-refractivity contribution in [3.8, 4) is 0 Å². The molecule has 10 heteroatoms. The fraction of sp³-hybridized carbons (Fsp3) is 0.250. The van der Waals surface area contributed by atoms with Crippen molar-refractivity contribution < 1.29 is 19.8 Å². The number of pyridine rings is 1. The van der Waals surface area contributed by atoms with E-state index in [4.69, 9.17) is 0 Å². The average Bonchev–Trinajstić information content (AvgIpc) is 2.42. The molecule has 2 rings (SSSR count). The maximum Gasteiger partial charge on any atom is 0.282 e. The second kappa shape index (κ2) is 5.07. The predicted molar refractivity (Wildman–Crippen MR) is 72.8 cm³/mol. The van der Waals surface area contributed by atoms with Crippen LogP contribution in [-0.2, 0) is 0 Å². The highest BCUT2D eigenvalue weighted by molar-refractivity contribution is 5.65. The fourth-order valence-corrected chi connectivity index (χ4v) is 2.04. The highest BCUT2D eigenvalue weighted by Crippen LogP contribution is 2.32. The summed E-state index contributed by atoms with van der Waals surface area (Å²) in [6, 6.07) is 1.94. The molecule has 2 heterocycles. The van der Waals surface area contributed by atoms with E-state index in [1.807, 2.05) is 0 Å². The molecule has 0 bridgehead atoms. The summed E-state index contributed by atoms with van der Waals surface area (Å²) >= 11 is 0. The van der Waals surface area contributed by atoms with Gasteiger partial charge in [0.2, 0.25) is 5.69 Å². The summed E-state index contributed by atoms with van der Waals surface area (Å²) in [5.41, 5.74) is -2.32. The van der Waals surface area contributed by atoms with Gasteiger partial charge in [-0.1, -0.05) is 0 Å². The van der Waals surface area contributed by atoms with Gasteiger partial charge >= 0.3 is 0 Å². The minimum atomic E-state index is -1.16. The van der Waals surface area contributed by atoms with Gasteiger partial charge in [-0.2, -0.15) is 4.73 Å². The van der Waals surface area contributed by atoms with Gasteiger partial charge in [0.05, 0.1) is 27.5 Å². The van der Waals surface area contributed by atoms with Crippen molar-refractivity contribution in [2.24, 2.45) is 0 Å². The largest absolute Gasteiger partial charge is 0.618 e. The molecule has 1 aliphatic rings. The average molecular weight is 308 g/mol. The molecule has 22 heavy (non-hydrogen) atoms. The highest BCUT2D eigenvalue weighted by Gasteiger charge is 2.37. The Bertz CT molecular complexity index is 724. The third-order valence-electron chi connectivity index (χ3n) is 3.15. The molecule has 0 aromatic carbocycles. The standard InChI is InChI=1S/C12H12N4O6/c1-12(2)7-9(16(21)22)6-11(14(12)18)10-5-8(15(19)20)3-4-13(10)17/h3-7,18H,1-2H3. The van der Waals surface area contributed by atoms with Crippen LogP contribution in [0, 0.1) is 25.4 Å². The van der Waals surface area contributed by atoms with E-state index >= 15 is 0 Å². The Morgan fingerprint density at radius 3 is 2.45 bits per heavy atom. The Balaban J connectivity index is 2.64. The molecule has 0 saturated heterocycles. The van der Waals surface area contributed by atoms with E-state index in [-0.39, 0.29) is 22.8 Å². The molecular weight excluding hydrogens is 296 g/mol. The number of hydroxylamine groups is 2. The van der Waals surface area contributed by atoms with Gasteiger partial charge in [0.25, 0.3) is 11.4 Å². The summed E-state index contributed by atoms with van der Waals surface area (Å²) in [5.74, 6) is 0. The molecule has 10 nitrogen and oxygen atoms in total. The van der Waals surface area contributed by atoms with E-state index in [1.165, 1.54) is 19.9 Å². The number of rotatable bonds is 3. The first-order valence-electron chi connectivity index (χ1n) is 6.09. The molecule has 0 unspecified atom stereocenters. The van der Waals surface area contributed by atoms with Crippen LogP contribution in [0.2, 0.25) is 0 Å². The van der Waals surface area contributed by atoms with Crippen molar-refractivity contribution >= 4 is 11.4 Å². The zero-order chi connectivity index (χ0) is 16.7. The normalized spacial score (nSPS) is 16.8. The Labute approximate surface area is 124 Å². The van der Waals surface area contributed by atoms with Crippen molar-refractivity contribution in [1.82, 2.24) is 5.06 Å². The quantitative estimate of drug-likeness (QED) is 0.383. The molecule has 0 amide bonds. The molecule has 0 atom stereocenters. The molecule has 0 saturated carbocycles. The minimum Gasteiger partial charge on any atom is -0.618 e. The molecule has 1 aliphatic heterocycles. The van der Waals surface area contributed by atoms with Crippen molar-refractivity contribution in [2.75, 3.05) is 0 Å². The topological polar surface area (TPSA) is 137 Å². The van der Waals surface area contributed by atoms with Gasteiger partial charge in [-0.15, -0.1) is 0 Å². The van der Waals surface area contributed by atoms with Crippen LogP contribution >= 0.6 is 0 Å². The van der Waals surface area contributed by atoms with Crippen LogP contribution in [0.15, 0.2) is 36.2 Å². The molecule has 1 aromatic heterocycles. The summed E-state index contributed by atoms with van der Waals surface area (Å²) in [6.45, 7) is 2.99. The summed E-state index contributed by atoms with van der Waals surface area (Å²) in [4.78, 5) is 20.4. The van der Waals surface area contributed by atoms with Crippen LogP contribution in [0.25, 0.3) is 5.70 Å². The number of nitro groups is 2. The second-order valence-corrected chi connectivity index (χ2v) is 5.17. The van der Waals surface area contributed by atoms with Crippen LogP contribution in [0.1, 0.15) is 19.5 Å². The minimum absolute atomic E-state index is 0.196. The first kappa shape index (κ1) is 15.4. The summed E-state index contributed by atoms with van der Waals surface area (Å²) in [7, 11) is 0. The van der Waals surface area contributed by atoms with Crippen molar-refractivity contribution in [1.29, 1.82) is 0 Å². The van der Waals surface area contributed by atoms with Crippen molar-refractivity contribution in [2.45, 2.75) is 19.4 Å². The van der Waals surface area contributed by atoms with E-state index < -0.39 is 15.4 Å². The fourth-order valence-electron chi connectivity index (χ4n) is 2.04. The Morgan fingerprint density at radius 2 is 1.91 bits per heavy atom. The highest BCUT2D eigenvalue weighted by atomic mass is 16.6. The van der Waals surface area contributed by atoms with Gasteiger partial charge in [-0.05, 0) is 13.8 Å². The lowest BCUT2D eigenvalue weighted by molar-refractivity contribution is -0.609. The first-order chi connectivity index (χ1) is 10.1. The number of hydrogen-bond acceptors (Lipinski definition) is 7. The smallest absolute Gasteiger partial charge is 0.282 e. The number of aromatic nitrogens is 1. The van der Waals surface area contributed by atoms with Crippen molar-refractivity contribution in [3.63, 3.8) is 0 Å². The Morgan fingerprint density at radius 1 is 1.27 bits per heavy atom. The maximum atomic E-state index is 11.9. The zero-order valence-electron chi connectivity index (χ0n) is 11.7. The lowest BCUT2D eigenvalue weighted by Crippen LogP contribution is -2.44. The monoisotopic (exact) mass is 308 g/mol. The van der Waals surface area contributed by atoms with Crippen LogP contribution in [-0.4, -0.2) is 25.7 Å². The van der Waals surface area contributed by atoms with Gasteiger partial charge in [-0.3, -0.25) is 25.4 Å². The van der Waals surface area contributed by atoms with Crippen LogP contribution in [0.3, 0.4) is 0 Å². The Hall–Kier alpha value is -3.01. The molecular formula is C12H12N4O6. The zero-order valence-corrected chi connectivity index (χ0v) is 11.7. The molecule has 1 N–H and O–H groups in total. The van der Waals surface area contributed by atoms with E-state index in [0.29, 0.717) is 9.79 Å². The molecule has 0 aliphatic carbocycles. The molecule has 1 aromatic rings. The maximum absolute atomic E-state index is 11.9. The second-order valence-electron chi connectivity index (χ2n) is 5.17. The van der Waals surface area contributed by atoms with E-state index in [9.17, 15) is 30.6 Å². The van der Waals surface area contributed by atoms with Gasteiger partial charge in [0.1, 0.15) is 5.70 Å². The lowest BCUT2D eigenvalue weighted by Gasteiger charge is -2.34. The predicted octanol–water partition coefficient (Wildman–Crippen LogP) is 1.21. The van der Waals surface area contributed by atoms with E-state index in [1.54, 1.807) is 0 Å². The van der Waals surface area contributed by atoms with Crippen LogP contribution < -0.4 is 4.73 Å². The van der Waals surface area contributed by atoms with Crippen LogP contribution in [0.5, 0.6) is 0 Å². The first-order valence-corrected chi connectivity index (χ1v) is 6.09. The third-order valence-corrected chi connectivity index (χ3v) is 3.15. The molecule has 116 valence electrons. The van der Waals surface area contributed by atoms with Crippen molar-refractivity contribution in [3.05, 3.63) is 67.3 Å². The van der Waals surface area contributed by atoms with E-state index in [2.05, 4.69) is 0 Å². The SMILES string of the molecule is CC1(C)C=C([N+](=O)[O-])C=C(c2cc([N+](=O)[O-])cc[n+]2[O-])N1O. The molecule has 0 radical (unpaired) electrons. The summed E-state index contributed by atoms with van der Waals surface area (Å²) in [6.07, 6.45) is 3.10. The number of nitrogens with zero attached hydrogens (tertiary/aromatic N) is 4.